The van der Waals surface area contributed by atoms with Crippen LogP contribution in [0.15, 0.2) is 11.8 Å². The summed E-state index contributed by atoms with van der Waals surface area (Å²) in [6.45, 7) is 12.7. The molecule has 0 aromatic carbocycles. The third kappa shape index (κ3) is 3.55. The summed E-state index contributed by atoms with van der Waals surface area (Å²) < 4.78 is 0. The number of unbranched alkanes of at least 4 members (excludes halogenated alkanes) is 1. The van der Waals surface area contributed by atoms with Gasteiger partial charge in [0.25, 0.3) is 0 Å². The van der Waals surface area contributed by atoms with E-state index < -0.39 is 0 Å². The van der Waals surface area contributed by atoms with E-state index in [0.29, 0.717) is 0 Å². The number of rotatable bonds is 3. The molecule has 1 heterocycles. The first-order chi connectivity index (χ1) is 6.95. The lowest BCUT2D eigenvalue weighted by atomic mass is 9.81. The Bertz CT molecular complexity index is 222. The molecule has 1 rings (SSSR count). The molecule has 0 bridgehead atoms. The highest BCUT2D eigenvalue weighted by Crippen LogP contribution is 2.31. The van der Waals surface area contributed by atoms with Crippen LogP contribution in [0.5, 0.6) is 0 Å². The topological polar surface area (TPSA) is 12.0 Å². The molecule has 0 fully saturated rings. The maximum atomic E-state index is 3.61. The largest absolute Gasteiger partial charge is 0.388 e. The average molecular weight is 209 g/mol. The number of hydrogen-bond acceptors (Lipinski definition) is 1. The molecule has 2 atom stereocenters. The third-order valence-corrected chi connectivity index (χ3v) is 3.46. The Morgan fingerprint density at radius 1 is 1.40 bits per heavy atom. The molecule has 0 radical (unpaired) electrons. The van der Waals surface area contributed by atoms with E-state index >= 15 is 0 Å². The molecule has 0 saturated carbocycles. The Hall–Kier alpha value is -0.460. The second kappa shape index (κ2) is 5.05. The summed E-state index contributed by atoms with van der Waals surface area (Å²) in [7, 11) is 0. The van der Waals surface area contributed by atoms with Gasteiger partial charge in [0.2, 0.25) is 0 Å². The van der Waals surface area contributed by atoms with Crippen molar-refractivity contribution in [3.8, 4) is 0 Å². The highest BCUT2D eigenvalue weighted by atomic mass is 14.9. The molecule has 0 saturated heterocycles. The van der Waals surface area contributed by atoms with Crippen molar-refractivity contribution in [2.75, 3.05) is 6.54 Å². The fraction of sp³-hybridized carbons (Fsp3) is 0.857. The van der Waals surface area contributed by atoms with Crippen LogP contribution >= 0.6 is 0 Å². The van der Waals surface area contributed by atoms with Gasteiger partial charge in [-0.1, -0.05) is 53.5 Å². The minimum absolute atomic E-state index is 0.282. The molecule has 1 aliphatic rings. The maximum absolute atomic E-state index is 3.61. The molecule has 1 heteroatoms. The van der Waals surface area contributed by atoms with Gasteiger partial charge < -0.3 is 5.32 Å². The normalized spacial score (nSPS) is 27.1. The number of allylic oxidation sites excluding steroid dienone is 2. The highest BCUT2D eigenvalue weighted by Gasteiger charge is 2.25. The van der Waals surface area contributed by atoms with Crippen molar-refractivity contribution in [2.24, 2.45) is 17.3 Å². The van der Waals surface area contributed by atoms with Crippen molar-refractivity contribution < 1.29 is 0 Å². The van der Waals surface area contributed by atoms with Gasteiger partial charge in [0.15, 0.2) is 0 Å². The molecule has 0 aromatic rings. The van der Waals surface area contributed by atoms with Gasteiger partial charge in [-0.3, -0.25) is 0 Å². The predicted octanol–water partition coefficient (Wildman–Crippen LogP) is 3.96. The monoisotopic (exact) mass is 209 g/mol. The van der Waals surface area contributed by atoms with Crippen molar-refractivity contribution in [3.05, 3.63) is 11.8 Å². The summed E-state index contributed by atoms with van der Waals surface area (Å²) in [5.41, 5.74) is 1.71. The van der Waals surface area contributed by atoms with Crippen molar-refractivity contribution in [1.29, 1.82) is 0 Å². The molecular formula is C14H27N. The van der Waals surface area contributed by atoms with Crippen molar-refractivity contribution in [1.82, 2.24) is 5.32 Å². The summed E-state index contributed by atoms with van der Waals surface area (Å²) in [4.78, 5) is 0. The Labute approximate surface area is 95.3 Å². The summed E-state index contributed by atoms with van der Waals surface area (Å²) >= 11 is 0. The van der Waals surface area contributed by atoms with Gasteiger partial charge in [-0.2, -0.15) is 0 Å². The summed E-state index contributed by atoms with van der Waals surface area (Å²) in [6, 6.07) is 0. The van der Waals surface area contributed by atoms with E-state index in [9.17, 15) is 0 Å². The molecule has 0 aliphatic carbocycles. The van der Waals surface area contributed by atoms with Gasteiger partial charge in [0.05, 0.1) is 0 Å². The van der Waals surface area contributed by atoms with Gasteiger partial charge in [-0.25, -0.2) is 0 Å². The summed E-state index contributed by atoms with van der Waals surface area (Å²) in [5, 5.41) is 3.61. The predicted molar refractivity (Wildman–Crippen MR) is 67.7 cm³/mol. The first-order valence-electron chi connectivity index (χ1n) is 6.41. The van der Waals surface area contributed by atoms with Crippen LogP contribution in [0.25, 0.3) is 0 Å². The van der Waals surface area contributed by atoms with Crippen LogP contribution in [-0.2, 0) is 0 Å². The molecule has 1 aliphatic heterocycles. The zero-order chi connectivity index (χ0) is 11.5. The van der Waals surface area contributed by atoms with Crippen molar-refractivity contribution in [2.45, 2.75) is 53.9 Å². The van der Waals surface area contributed by atoms with Gasteiger partial charge >= 0.3 is 0 Å². The minimum Gasteiger partial charge on any atom is -0.388 e. The van der Waals surface area contributed by atoms with Crippen LogP contribution in [0.2, 0.25) is 0 Å². The van der Waals surface area contributed by atoms with E-state index in [1.54, 1.807) is 0 Å². The minimum atomic E-state index is 0.282. The van der Waals surface area contributed by atoms with Crippen LogP contribution in [0.1, 0.15) is 53.9 Å². The first-order valence-corrected chi connectivity index (χ1v) is 6.41. The van der Waals surface area contributed by atoms with E-state index in [1.165, 1.54) is 31.5 Å². The van der Waals surface area contributed by atoms with Crippen LogP contribution in [-0.4, -0.2) is 6.54 Å². The van der Waals surface area contributed by atoms with Gasteiger partial charge in [0.1, 0.15) is 0 Å². The second-order valence-corrected chi connectivity index (χ2v) is 5.97. The smallest absolute Gasteiger partial charge is 0.0177 e. The first kappa shape index (κ1) is 12.6. The number of nitrogens with one attached hydrogen (secondary N) is 1. The van der Waals surface area contributed by atoms with Gasteiger partial charge in [0, 0.05) is 17.7 Å². The third-order valence-electron chi connectivity index (χ3n) is 3.46. The lowest BCUT2D eigenvalue weighted by Crippen LogP contribution is -2.36. The van der Waals surface area contributed by atoms with E-state index in [0.717, 1.165) is 11.8 Å². The van der Waals surface area contributed by atoms with E-state index in [4.69, 9.17) is 0 Å². The van der Waals surface area contributed by atoms with Gasteiger partial charge in [-0.05, 0) is 18.3 Å². The number of hydrogen-bond donors (Lipinski definition) is 1. The zero-order valence-electron chi connectivity index (χ0n) is 11.1. The lowest BCUT2D eigenvalue weighted by Gasteiger charge is -2.34. The fourth-order valence-electron chi connectivity index (χ4n) is 2.23. The molecule has 15 heavy (non-hydrogen) atoms. The van der Waals surface area contributed by atoms with Crippen LogP contribution in [0, 0.1) is 17.3 Å². The molecule has 88 valence electrons. The second-order valence-electron chi connectivity index (χ2n) is 5.97. The molecule has 1 nitrogen and oxygen atoms in total. The molecule has 0 spiro atoms. The quantitative estimate of drug-likeness (QED) is 0.742. The SMILES string of the molecule is CCCCC1CNC(C(C)(C)C)=CC1C. The Balaban J connectivity index is 2.57. The molecule has 0 amide bonds. The standard InChI is InChI=1S/C14H27N/c1-6-7-8-12-10-15-13(9-11(12)2)14(3,4)5/h9,11-12,15H,6-8,10H2,1-5H3. The molecule has 1 N–H and O–H groups in total. The van der Waals surface area contributed by atoms with Crippen LogP contribution in [0.3, 0.4) is 0 Å². The van der Waals surface area contributed by atoms with E-state index in [2.05, 4.69) is 46.0 Å². The Morgan fingerprint density at radius 2 is 2.07 bits per heavy atom. The Kier molecular flexibility index (Phi) is 4.24. The summed E-state index contributed by atoms with van der Waals surface area (Å²) in [5.74, 6) is 1.59. The Morgan fingerprint density at radius 3 is 2.53 bits per heavy atom. The van der Waals surface area contributed by atoms with Crippen molar-refractivity contribution >= 4 is 0 Å². The fourth-order valence-corrected chi connectivity index (χ4v) is 2.23. The van der Waals surface area contributed by atoms with Crippen LogP contribution < -0.4 is 5.32 Å². The molecule has 2 unspecified atom stereocenters. The van der Waals surface area contributed by atoms with E-state index in [1.807, 2.05) is 0 Å². The average Bonchev–Trinajstić information content (AvgIpc) is 2.14. The van der Waals surface area contributed by atoms with Crippen molar-refractivity contribution in [3.63, 3.8) is 0 Å². The lowest BCUT2D eigenvalue weighted by molar-refractivity contribution is 0.318. The summed E-state index contributed by atoms with van der Waals surface area (Å²) in [6.07, 6.45) is 6.51. The molecule has 0 aromatic heterocycles. The highest BCUT2D eigenvalue weighted by molar-refractivity contribution is 5.14. The van der Waals surface area contributed by atoms with Gasteiger partial charge in [-0.15, -0.1) is 0 Å². The maximum Gasteiger partial charge on any atom is 0.0177 e. The van der Waals surface area contributed by atoms with E-state index in [-0.39, 0.29) is 5.41 Å². The van der Waals surface area contributed by atoms with Crippen LogP contribution in [0.4, 0.5) is 0 Å². The zero-order valence-corrected chi connectivity index (χ0v) is 11.1. The molecular weight excluding hydrogens is 182 g/mol.